The molecule has 0 saturated carbocycles. The summed E-state index contributed by atoms with van der Waals surface area (Å²) in [6, 6.07) is 10.4. The highest BCUT2D eigenvalue weighted by atomic mass is 32.2. The lowest BCUT2D eigenvalue weighted by atomic mass is 10.2. The molecule has 4 rings (SSSR count). The highest BCUT2D eigenvalue weighted by Gasteiger charge is 2.10. The topological polar surface area (TPSA) is 43.1 Å². The van der Waals surface area contributed by atoms with Crippen LogP contribution in [0, 0.1) is 5.82 Å². The first-order chi connectivity index (χ1) is 10.3. The second-order valence-corrected chi connectivity index (χ2v) is 5.43. The number of imidazole rings is 1. The summed E-state index contributed by atoms with van der Waals surface area (Å²) in [6.45, 7) is 0. The van der Waals surface area contributed by atoms with Crippen LogP contribution < -0.4 is 0 Å². The van der Waals surface area contributed by atoms with Gasteiger partial charge in [0.2, 0.25) is 0 Å². The van der Waals surface area contributed by atoms with Crippen LogP contribution in [0.1, 0.15) is 0 Å². The third kappa shape index (κ3) is 2.13. The van der Waals surface area contributed by atoms with Gasteiger partial charge in [-0.1, -0.05) is 6.07 Å². The van der Waals surface area contributed by atoms with Crippen LogP contribution in [0.5, 0.6) is 0 Å². The van der Waals surface area contributed by atoms with Gasteiger partial charge in [0.1, 0.15) is 17.2 Å². The van der Waals surface area contributed by atoms with Crippen molar-refractivity contribution in [3.8, 4) is 0 Å². The largest absolute Gasteiger partial charge is 0.295 e. The summed E-state index contributed by atoms with van der Waals surface area (Å²) in [5, 5.41) is 2.17. The van der Waals surface area contributed by atoms with Crippen molar-refractivity contribution in [2.45, 2.75) is 10.2 Å². The fourth-order valence-electron chi connectivity index (χ4n) is 2.17. The van der Waals surface area contributed by atoms with Crippen LogP contribution >= 0.6 is 11.8 Å². The molecule has 0 spiro atoms. The van der Waals surface area contributed by atoms with E-state index >= 15 is 0 Å². The molecule has 0 aliphatic carbocycles. The normalized spacial score (nSPS) is 11.3. The van der Waals surface area contributed by atoms with Crippen molar-refractivity contribution in [3.63, 3.8) is 0 Å². The van der Waals surface area contributed by atoms with E-state index in [1.54, 1.807) is 12.3 Å². The van der Waals surface area contributed by atoms with Gasteiger partial charge in [0.05, 0.1) is 17.2 Å². The van der Waals surface area contributed by atoms with Crippen molar-refractivity contribution in [2.24, 2.45) is 0 Å². The van der Waals surface area contributed by atoms with E-state index in [1.807, 2.05) is 28.8 Å². The van der Waals surface area contributed by atoms with Gasteiger partial charge >= 0.3 is 0 Å². The van der Waals surface area contributed by atoms with Crippen molar-refractivity contribution in [3.05, 3.63) is 60.9 Å². The zero-order valence-electron chi connectivity index (χ0n) is 10.8. The number of benzene rings is 1. The number of pyridine rings is 1. The average molecular weight is 296 g/mol. The Balaban J connectivity index is 1.86. The van der Waals surface area contributed by atoms with Gasteiger partial charge in [0.25, 0.3) is 0 Å². The molecule has 6 heteroatoms. The van der Waals surface area contributed by atoms with Crippen LogP contribution in [0.2, 0.25) is 0 Å². The van der Waals surface area contributed by atoms with Gasteiger partial charge in [-0.2, -0.15) is 0 Å². The van der Waals surface area contributed by atoms with Gasteiger partial charge < -0.3 is 0 Å². The Kier molecular flexibility index (Phi) is 2.82. The Bertz CT molecular complexity index is 951. The zero-order chi connectivity index (χ0) is 14.2. The molecule has 102 valence electrons. The molecule has 0 N–H and O–H groups in total. The van der Waals surface area contributed by atoms with Crippen LogP contribution in [-0.4, -0.2) is 19.4 Å². The fraction of sp³-hybridized carbons (Fsp3) is 0. The minimum Gasteiger partial charge on any atom is -0.295 e. The van der Waals surface area contributed by atoms with E-state index in [0.29, 0.717) is 10.4 Å². The van der Waals surface area contributed by atoms with E-state index in [-0.39, 0.29) is 5.82 Å². The molecule has 0 atom stereocenters. The molecule has 4 nitrogen and oxygen atoms in total. The standard InChI is InChI=1S/C15H9FN4S/c16-10-4-5-13-12(7-10)14(19-9-18-13)21-15-17-8-11-3-1-2-6-20(11)15/h1-9H. The molecule has 21 heavy (non-hydrogen) atoms. The number of hydrogen-bond acceptors (Lipinski definition) is 4. The molecule has 0 radical (unpaired) electrons. The first-order valence-corrected chi connectivity index (χ1v) is 7.13. The number of nitrogens with zero attached hydrogens (tertiary/aromatic N) is 4. The molecular formula is C15H9FN4S. The van der Waals surface area contributed by atoms with Crippen LogP contribution in [0.4, 0.5) is 4.39 Å². The maximum absolute atomic E-state index is 13.5. The molecule has 0 bridgehead atoms. The lowest BCUT2D eigenvalue weighted by Crippen LogP contribution is -1.91. The molecule has 0 aliphatic heterocycles. The zero-order valence-corrected chi connectivity index (χ0v) is 11.6. The quantitative estimate of drug-likeness (QED) is 0.530. The summed E-state index contributed by atoms with van der Waals surface area (Å²) in [5.74, 6) is -0.299. The minimum atomic E-state index is -0.299. The Morgan fingerprint density at radius 1 is 1.05 bits per heavy atom. The third-order valence-corrected chi connectivity index (χ3v) is 4.16. The van der Waals surface area contributed by atoms with Gasteiger partial charge in [-0.25, -0.2) is 19.3 Å². The SMILES string of the molecule is Fc1ccc2ncnc(Sc3ncc4ccccn34)c2c1. The Labute approximate surface area is 123 Å². The minimum absolute atomic E-state index is 0.299. The molecule has 0 aliphatic rings. The van der Waals surface area contributed by atoms with E-state index in [4.69, 9.17) is 0 Å². The molecule has 1 aromatic carbocycles. The Hall–Kier alpha value is -2.47. The average Bonchev–Trinajstić information content (AvgIpc) is 2.91. The molecule has 3 heterocycles. The van der Waals surface area contributed by atoms with Crippen LogP contribution in [0.3, 0.4) is 0 Å². The molecule has 0 saturated heterocycles. The number of hydrogen-bond donors (Lipinski definition) is 0. The van der Waals surface area contributed by atoms with Gasteiger partial charge in [0.15, 0.2) is 5.16 Å². The first-order valence-electron chi connectivity index (χ1n) is 6.31. The number of halogens is 1. The molecular weight excluding hydrogens is 287 g/mol. The van der Waals surface area contributed by atoms with E-state index in [2.05, 4.69) is 15.0 Å². The molecule has 4 aromatic rings. The van der Waals surface area contributed by atoms with Gasteiger partial charge in [-0.3, -0.25) is 4.40 Å². The molecule has 0 fully saturated rings. The maximum atomic E-state index is 13.5. The predicted octanol–water partition coefficient (Wildman–Crippen LogP) is 3.57. The van der Waals surface area contributed by atoms with E-state index in [0.717, 1.165) is 16.2 Å². The predicted molar refractivity (Wildman–Crippen MR) is 78.8 cm³/mol. The van der Waals surface area contributed by atoms with E-state index in [1.165, 1.54) is 30.2 Å². The lowest BCUT2D eigenvalue weighted by molar-refractivity contribution is 0.629. The van der Waals surface area contributed by atoms with Crippen molar-refractivity contribution in [1.29, 1.82) is 0 Å². The van der Waals surface area contributed by atoms with Gasteiger partial charge in [-0.15, -0.1) is 0 Å². The van der Waals surface area contributed by atoms with Crippen molar-refractivity contribution in [2.75, 3.05) is 0 Å². The monoisotopic (exact) mass is 296 g/mol. The maximum Gasteiger partial charge on any atom is 0.179 e. The van der Waals surface area contributed by atoms with Gasteiger partial charge in [0, 0.05) is 11.6 Å². The summed E-state index contributed by atoms with van der Waals surface area (Å²) in [5.41, 5.74) is 1.72. The van der Waals surface area contributed by atoms with Crippen LogP contribution in [0.15, 0.2) is 65.3 Å². The number of rotatable bonds is 2. The molecule has 0 unspecified atom stereocenters. The lowest BCUT2D eigenvalue weighted by Gasteiger charge is -2.04. The summed E-state index contributed by atoms with van der Waals surface area (Å²) in [7, 11) is 0. The van der Waals surface area contributed by atoms with Crippen molar-refractivity contribution >= 4 is 28.2 Å². The molecule has 3 aromatic heterocycles. The van der Waals surface area contributed by atoms with Crippen LogP contribution in [0.25, 0.3) is 16.4 Å². The van der Waals surface area contributed by atoms with Crippen molar-refractivity contribution in [1.82, 2.24) is 19.4 Å². The third-order valence-electron chi connectivity index (χ3n) is 3.15. The Morgan fingerprint density at radius 2 is 2.00 bits per heavy atom. The van der Waals surface area contributed by atoms with E-state index < -0.39 is 0 Å². The first kappa shape index (κ1) is 12.3. The highest BCUT2D eigenvalue weighted by Crippen LogP contribution is 2.30. The molecule has 0 amide bonds. The second-order valence-electron chi connectivity index (χ2n) is 4.48. The van der Waals surface area contributed by atoms with Gasteiger partial charge in [-0.05, 0) is 42.1 Å². The highest BCUT2D eigenvalue weighted by molar-refractivity contribution is 7.99. The summed E-state index contributed by atoms with van der Waals surface area (Å²) in [4.78, 5) is 12.8. The number of fused-ring (bicyclic) bond motifs is 2. The van der Waals surface area contributed by atoms with Crippen LogP contribution in [-0.2, 0) is 0 Å². The smallest absolute Gasteiger partial charge is 0.179 e. The summed E-state index contributed by atoms with van der Waals surface area (Å²) < 4.78 is 15.4. The summed E-state index contributed by atoms with van der Waals surface area (Å²) in [6.07, 6.45) is 5.22. The fourth-order valence-corrected chi connectivity index (χ4v) is 3.08. The second kappa shape index (κ2) is 4.82. The van der Waals surface area contributed by atoms with Crippen molar-refractivity contribution < 1.29 is 4.39 Å². The summed E-state index contributed by atoms with van der Waals surface area (Å²) >= 11 is 1.40. The Morgan fingerprint density at radius 3 is 2.95 bits per heavy atom. The number of aromatic nitrogens is 4. The van der Waals surface area contributed by atoms with E-state index in [9.17, 15) is 4.39 Å².